The first-order valence-corrected chi connectivity index (χ1v) is 29.9. The highest BCUT2D eigenvalue weighted by Gasteiger charge is 2.64. The van der Waals surface area contributed by atoms with Gasteiger partial charge in [-0.3, -0.25) is 38.4 Å². The van der Waals surface area contributed by atoms with Gasteiger partial charge in [0.1, 0.15) is 0 Å². The number of hydrogen-bond acceptors (Lipinski definition) is 15. The highest BCUT2D eigenvalue weighted by Crippen LogP contribution is 2.63. The van der Waals surface area contributed by atoms with Gasteiger partial charge in [0.15, 0.2) is 26.4 Å². The summed E-state index contributed by atoms with van der Waals surface area (Å²) in [5, 5.41) is 39.9. The molecule has 27 heteroatoms. The van der Waals surface area contributed by atoms with Crippen molar-refractivity contribution in [2.24, 2.45) is 106 Å². The Morgan fingerprint density at radius 1 is 0.443 bits per heavy atom. The molecule has 8 bridgehead atoms. The fourth-order valence-corrected chi connectivity index (χ4v) is 21.6. The molecule has 0 aliphatic heterocycles. The van der Waals surface area contributed by atoms with E-state index in [0.717, 1.165) is 0 Å². The Morgan fingerprint density at radius 2 is 0.734 bits per heavy atom. The lowest BCUT2D eigenvalue weighted by Crippen LogP contribution is -2.43. The minimum Gasteiger partial charge on any atom is -0.481 e. The third kappa shape index (κ3) is 13.4. The quantitative estimate of drug-likeness (QED) is 0.0328. The number of fused-ring (bicyclic) bond motifs is 8. The predicted octanol–water partition coefficient (Wildman–Crippen LogP) is 8.12. The zero-order valence-corrected chi connectivity index (χ0v) is 45.6. The lowest BCUT2D eigenvalue weighted by Gasteiger charge is -2.41. The number of carbonyl (C=O) groups excluding carboxylic acids is 4. The Morgan fingerprint density at radius 3 is 1.04 bits per heavy atom. The van der Waals surface area contributed by atoms with E-state index in [4.69, 9.17) is 18.9 Å². The molecule has 20 unspecified atom stereocenters. The number of hydrogen-bond donors (Lipinski definition) is 4. The molecule has 8 saturated carbocycles. The molecule has 8 rings (SSSR count). The summed E-state index contributed by atoms with van der Waals surface area (Å²) in [5.74, 6) is -30.4. The first kappa shape index (κ1) is 61.3. The molecule has 444 valence electrons. The summed E-state index contributed by atoms with van der Waals surface area (Å²) in [5.41, 5.74) is -0.901. The van der Waals surface area contributed by atoms with Crippen molar-refractivity contribution in [2.75, 3.05) is 43.7 Å². The van der Waals surface area contributed by atoms with Crippen LogP contribution >= 0.6 is 35.3 Å². The summed E-state index contributed by atoms with van der Waals surface area (Å²) >= 11 is 4.26. The van der Waals surface area contributed by atoms with Crippen LogP contribution in [0.25, 0.3) is 0 Å². The maximum absolute atomic E-state index is 14.0. The van der Waals surface area contributed by atoms with Crippen LogP contribution in [0.2, 0.25) is 0 Å². The molecule has 0 heterocycles. The van der Waals surface area contributed by atoms with Gasteiger partial charge >= 0.3 is 47.8 Å². The third-order valence-electron chi connectivity index (χ3n) is 18.7. The molecule has 0 aromatic heterocycles. The summed E-state index contributed by atoms with van der Waals surface area (Å²) < 4.78 is 129. The van der Waals surface area contributed by atoms with Crippen molar-refractivity contribution in [3.8, 4) is 0 Å². The molecular formula is C52H66F8O16S3. The van der Waals surface area contributed by atoms with E-state index in [-0.39, 0.29) is 48.9 Å². The van der Waals surface area contributed by atoms with E-state index in [9.17, 15) is 93.9 Å². The summed E-state index contributed by atoms with van der Waals surface area (Å²) in [4.78, 5) is 105. The number of thioether (sulfide) groups is 3. The van der Waals surface area contributed by atoms with Crippen molar-refractivity contribution >= 4 is 83.0 Å². The largest absolute Gasteiger partial charge is 0.481 e. The van der Waals surface area contributed by atoms with Gasteiger partial charge in [0.05, 0.1) is 47.3 Å². The van der Waals surface area contributed by atoms with Gasteiger partial charge in [-0.2, -0.15) is 35.3 Å². The van der Waals surface area contributed by atoms with Gasteiger partial charge < -0.3 is 39.4 Å². The smallest absolute Gasteiger partial charge is 0.310 e. The highest BCUT2D eigenvalue weighted by molar-refractivity contribution is 8.01. The zero-order valence-electron chi connectivity index (χ0n) is 43.2. The number of carboxylic acids is 4. The zero-order chi connectivity index (χ0) is 57.8. The van der Waals surface area contributed by atoms with Crippen molar-refractivity contribution in [1.29, 1.82) is 0 Å². The second-order valence-electron chi connectivity index (χ2n) is 23.9. The molecule has 0 amide bonds. The summed E-state index contributed by atoms with van der Waals surface area (Å²) in [6.45, 7) is -3.93. The van der Waals surface area contributed by atoms with Gasteiger partial charge in [-0.1, -0.05) is 0 Å². The molecule has 4 N–H and O–H groups in total. The number of ether oxygens (including phenoxy) is 4. The highest BCUT2D eigenvalue weighted by atomic mass is 32.2. The number of halogens is 8. The second kappa shape index (κ2) is 24.2. The summed E-state index contributed by atoms with van der Waals surface area (Å²) in [6.07, 6.45) is -3.02. The van der Waals surface area contributed by atoms with Crippen LogP contribution in [-0.4, -0.2) is 152 Å². The SMILES string of the molecule is CC(F)(F)COC(=O)C1C2CC(CC2SCC(CCC2CC3CC2C(C(=O)OCC(F)F)C3C(=O)O)(CSC2CC3CC2C(C(=O)OCC(F)F)C3C(=O)O)CSC2CC3CC2C(C(=O)OCC(C)(F)F)C3C(=O)O)C1C(=O)O. The monoisotopic (exact) mass is 1190 g/mol. The number of carboxylic acid groups (broad SMARTS) is 4. The Bertz CT molecular complexity index is 2170. The van der Waals surface area contributed by atoms with Crippen molar-refractivity contribution in [3.05, 3.63) is 0 Å². The molecule has 8 fully saturated rings. The number of aliphatic carboxylic acids is 4. The molecule has 0 aromatic rings. The van der Waals surface area contributed by atoms with Gasteiger partial charge in [-0.25, -0.2) is 35.1 Å². The lowest BCUT2D eigenvalue weighted by atomic mass is 9.71. The van der Waals surface area contributed by atoms with Crippen LogP contribution in [0.3, 0.4) is 0 Å². The Hall–Kier alpha value is -3.75. The Kier molecular flexibility index (Phi) is 18.8. The average molecular weight is 1200 g/mol. The third-order valence-corrected chi connectivity index (χ3v) is 23.9. The van der Waals surface area contributed by atoms with Crippen LogP contribution in [0.4, 0.5) is 35.1 Å². The molecule has 0 radical (unpaired) electrons. The van der Waals surface area contributed by atoms with E-state index in [1.54, 1.807) is 0 Å². The van der Waals surface area contributed by atoms with Crippen molar-refractivity contribution < 1.29 is 113 Å². The maximum atomic E-state index is 14.0. The standard InChI is InChI=1S/C52H66F8O16S3/c1-50(57,58)15-75-48(71)40-27-8-23(36(40)44(65)66)11-30(27)78-18-52(4-3-20-5-21-6-25(20)38(34(21)42(61)62)46(69)73-13-32(53)54,17-77-29-10-22-7-26(29)39(35(22)43(63)64)47(70)74-14-33(55)56)19-79-31-12-24-9-28(31)41(37(24)45(67)68)49(72)76-16-51(2,59)60/h20-41H,3-19H2,1-2H3,(H,61,62)(H,63,64)(H,65,66)(H,67,68). The molecule has 79 heavy (non-hydrogen) atoms. The van der Waals surface area contributed by atoms with Crippen molar-refractivity contribution in [1.82, 2.24) is 0 Å². The number of alkyl halides is 8. The summed E-state index contributed by atoms with van der Waals surface area (Å²) in [7, 11) is 0. The van der Waals surface area contributed by atoms with Crippen molar-refractivity contribution in [3.63, 3.8) is 0 Å². The molecule has 0 saturated heterocycles. The first-order valence-electron chi connectivity index (χ1n) is 26.7. The van der Waals surface area contributed by atoms with Gasteiger partial charge in [0.25, 0.3) is 24.7 Å². The van der Waals surface area contributed by atoms with E-state index in [2.05, 4.69) is 0 Å². The minimum absolute atomic E-state index is 0.236. The average Bonchev–Trinajstić information content (AvgIpc) is 4.35. The minimum atomic E-state index is -3.41. The molecule has 0 aromatic carbocycles. The van der Waals surface area contributed by atoms with E-state index >= 15 is 0 Å². The topological polar surface area (TPSA) is 254 Å². The second-order valence-corrected chi connectivity index (χ2v) is 27.6. The van der Waals surface area contributed by atoms with Crippen LogP contribution < -0.4 is 0 Å². The number of carbonyl (C=O) groups is 8. The molecular weight excluding hydrogens is 1130 g/mol. The fourth-order valence-electron chi connectivity index (χ4n) is 15.8. The number of rotatable bonds is 28. The lowest BCUT2D eigenvalue weighted by molar-refractivity contribution is -0.167. The number of esters is 4. The molecule has 0 spiro atoms. The summed E-state index contributed by atoms with van der Waals surface area (Å²) in [6, 6.07) is 0. The van der Waals surface area contributed by atoms with Crippen LogP contribution in [-0.2, 0) is 57.3 Å². The normalized spacial score (nSPS) is 37.6. The van der Waals surface area contributed by atoms with Crippen molar-refractivity contribution in [2.45, 2.75) is 119 Å². The fraction of sp³-hybridized carbons (Fsp3) is 0.846. The van der Waals surface area contributed by atoms with Gasteiger partial charge in [0.2, 0.25) is 0 Å². The van der Waals surface area contributed by atoms with Gasteiger partial charge in [-0.05, 0) is 123 Å². The Balaban J connectivity index is 1.12. The van der Waals surface area contributed by atoms with Gasteiger partial charge in [-0.15, -0.1) is 0 Å². The van der Waals surface area contributed by atoms with E-state index in [1.165, 1.54) is 35.3 Å². The van der Waals surface area contributed by atoms with Gasteiger partial charge in [0, 0.05) is 46.9 Å². The first-order chi connectivity index (χ1) is 37.0. The molecule has 8 aliphatic rings. The van der Waals surface area contributed by atoms with Crippen LogP contribution in [0.1, 0.15) is 78.1 Å². The van der Waals surface area contributed by atoms with Crippen LogP contribution in [0.15, 0.2) is 0 Å². The molecule has 20 atom stereocenters. The molecule has 16 nitrogen and oxygen atoms in total. The molecule has 8 aliphatic carbocycles. The van der Waals surface area contributed by atoms with Crippen LogP contribution in [0, 0.1) is 106 Å². The van der Waals surface area contributed by atoms with Crippen LogP contribution in [0.5, 0.6) is 0 Å². The van der Waals surface area contributed by atoms with E-state index in [0.29, 0.717) is 52.4 Å². The Labute approximate surface area is 462 Å². The maximum Gasteiger partial charge on any atom is 0.310 e. The predicted molar refractivity (Wildman–Crippen MR) is 264 cm³/mol. The van der Waals surface area contributed by atoms with E-state index in [1.807, 2.05) is 0 Å². The van der Waals surface area contributed by atoms with E-state index < -0.39 is 215 Å².